The highest BCUT2D eigenvalue weighted by Crippen LogP contribution is 2.38. The van der Waals surface area contributed by atoms with Crippen molar-refractivity contribution in [2.24, 2.45) is 11.4 Å². The Morgan fingerprint density at radius 3 is 2.33 bits per heavy atom. The molecule has 33 heavy (non-hydrogen) atoms. The Morgan fingerprint density at radius 2 is 1.76 bits per heavy atom. The van der Waals surface area contributed by atoms with Crippen LogP contribution in [0.3, 0.4) is 0 Å². The molecule has 0 atom stereocenters. The van der Waals surface area contributed by atoms with Crippen LogP contribution in [-0.2, 0) is 47.7 Å². The van der Waals surface area contributed by atoms with E-state index in [1.807, 2.05) is 24.6 Å². The van der Waals surface area contributed by atoms with Crippen molar-refractivity contribution < 1.29 is 18.3 Å². The molecule has 0 amide bonds. The molecule has 178 valence electrons. The first-order valence-electron chi connectivity index (χ1n) is 11.8. The van der Waals surface area contributed by atoms with E-state index in [0.29, 0.717) is 31.7 Å². The van der Waals surface area contributed by atoms with Gasteiger partial charge in [-0.25, -0.2) is 4.31 Å². The molecule has 0 spiro atoms. The summed E-state index contributed by atoms with van der Waals surface area (Å²) in [5, 5.41) is 15.9. The lowest BCUT2D eigenvalue weighted by molar-refractivity contribution is -0.213. The van der Waals surface area contributed by atoms with Gasteiger partial charge in [-0.3, -0.25) is 0 Å². The van der Waals surface area contributed by atoms with Gasteiger partial charge in [-0.05, 0) is 86.6 Å². The highest BCUT2D eigenvalue weighted by Gasteiger charge is 2.32. The predicted molar refractivity (Wildman–Crippen MR) is 127 cm³/mol. The number of nitrogens with one attached hydrogen (secondary N) is 1. The van der Waals surface area contributed by atoms with Gasteiger partial charge in [-0.2, -0.15) is 8.42 Å². The molecule has 3 aliphatic rings. The van der Waals surface area contributed by atoms with Gasteiger partial charge in [0.25, 0.3) is 0 Å². The van der Waals surface area contributed by atoms with Crippen LogP contribution in [0.5, 0.6) is 0 Å². The summed E-state index contributed by atoms with van der Waals surface area (Å²) in [6.45, 7) is 2.88. The van der Waals surface area contributed by atoms with Gasteiger partial charge in [0.05, 0.1) is 17.8 Å². The van der Waals surface area contributed by atoms with Crippen LogP contribution in [0.1, 0.15) is 53.6 Å². The number of nitrogens with zero attached hydrogens (tertiary/aromatic N) is 3. The second-order valence-corrected chi connectivity index (χ2v) is 10.8. The lowest BCUT2D eigenvalue weighted by Gasteiger charge is -2.33. The number of rotatable bonds is 5. The maximum absolute atomic E-state index is 13.5. The molecular weight excluding hydrogens is 440 g/mol. The summed E-state index contributed by atoms with van der Waals surface area (Å²) in [7, 11) is -2.38. The molecule has 2 heterocycles. The van der Waals surface area contributed by atoms with Gasteiger partial charge in [0.2, 0.25) is 0 Å². The summed E-state index contributed by atoms with van der Waals surface area (Å²) in [6, 6.07) is 2.97. The van der Waals surface area contributed by atoms with Crippen molar-refractivity contribution in [3.05, 3.63) is 46.3 Å². The molecule has 0 saturated carbocycles. The maximum atomic E-state index is 13.5. The summed E-state index contributed by atoms with van der Waals surface area (Å²) in [5.74, 6) is 0. The van der Waals surface area contributed by atoms with E-state index in [1.165, 1.54) is 15.4 Å². The third kappa shape index (κ3) is 4.24. The van der Waals surface area contributed by atoms with E-state index in [1.54, 1.807) is 6.20 Å². The molecule has 1 aliphatic heterocycles. The number of fused-ring (bicyclic) bond motifs is 2. The van der Waals surface area contributed by atoms with Crippen LogP contribution in [0.15, 0.2) is 22.7 Å². The molecule has 8 nitrogen and oxygen atoms in total. The molecule has 0 radical (unpaired) electrons. The minimum absolute atomic E-state index is 0.299. The van der Waals surface area contributed by atoms with Crippen LogP contribution >= 0.6 is 0 Å². The van der Waals surface area contributed by atoms with Crippen molar-refractivity contribution in [1.82, 2.24) is 4.57 Å². The molecule has 1 N–H and O–H groups in total. The monoisotopic (exact) mass is 471 g/mol. The number of aryl methyl sites for hydroxylation is 4. The van der Waals surface area contributed by atoms with Crippen molar-refractivity contribution in [2.45, 2.75) is 64.3 Å². The lowest BCUT2D eigenvalue weighted by atomic mass is 9.99. The third-order valence-corrected chi connectivity index (χ3v) is 8.57. The molecule has 1 fully saturated rings. The van der Waals surface area contributed by atoms with Gasteiger partial charge in [0, 0.05) is 37.8 Å². The fraction of sp³-hybridized carbons (Fsp3) is 0.542. The molecular formula is C24H31N4O4S-. The smallest absolute Gasteiger partial charge is 0.345 e. The van der Waals surface area contributed by atoms with E-state index < -0.39 is 16.2 Å². The van der Waals surface area contributed by atoms with Crippen molar-refractivity contribution in [2.75, 3.05) is 22.8 Å². The number of ether oxygens (including phenoxy) is 1. The Morgan fingerprint density at radius 1 is 1.12 bits per heavy atom. The molecule has 2 aliphatic carbocycles. The van der Waals surface area contributed by atoms with Crippen molar-refractivity contribution in [3.8, 4) is 0 Å². The van der Waals surface area contributed by atoms with Crippen LogP contribution in [0, 0.1) is 6.92 Å². The van der Waals surface area contributed by atoms with Gasteiger partial charge >= 0.3 is 10.2 Å². The van der Waals surface area contributed by atoms with Crippen LogP contribution < -0.4 is 14.7 Å². The van der Waals surface area contributed by atoms with Crippen LogP contribution in [0.4, 0.5) is 11.4 Å². The molecule has 1 aromatic heterocycles. The van der Waals surface area contributed by atoms with E-state index in [4.69, 9.17) is 4.74 Å². The van der Waals surface area contributed by atoms with E-state index in [-0.39, 0.29) is 6.04 Å². The van der Waals surface area contributed by atoms with Crippen molar-refractivity contribution in [3.63, 3.8) is 0 Å². The molecule has 9 heteroatoms. The van der Waals surface area contributed by atoms with E-state index >= 15 is 0 Å². The number of benzene rings is 1. The van der Waals surface area contributed by atoms with Crippen molar-refractivity contribution >= 4 is 27.6 Å². The average molecular weight is 472 g/mol. The molecule has 0 unspecified atom stereocenters. The van der Waals surface area contributed by atoms with Crippen molar-refractivity contribution in [1.29, 1.82) is 0 Å². The third-order valence-electron chi connectivity index (χ3n) is 7.17. The zero-order valence-electron chi connectivity index (χ0n) is 19.3. The van der Waals surface area contributed by atoms with Gasteiger partial charge in [0.15, 0.2) is 0 Å². The average Bonchev–Trinajstić information content (AvgIpc) is 3.49. The van der Waals surface area contributed by atoms with Crippen LogP contribution in [0.2, 0.25) is 0 Å². The number of anilines is 2. The first-order chi connectivity index (χ1) is 15.8. The summed E-state index contributed by atoms with van der Waals surface area (Å²) >= 11 is 0. The molecule has 1 aromatic carbocycles. The highest BCUT2D eigenvalue weighted by molar-refractivity contribution is 7.91. The highest BCUT2D eigenvalue weighted by atomic mass is 32.2. The fourth-order valence-corrected chi connectivity index (χ4v) is 6.77. The summed E-state index contributed by atoms with van der Waals surface area (Å²) in [4.78, 5) is 0. The Balaban J connectivity index is 1.49. The minimum Gasteiger partial charge on any atom is -0.845 e. The van der Waals surface area contributed by atoms with E-state index in [0.717, 1.165) is 61.0 Å². The Hall–Kier alpha value is -2.52. The molecule has 2 aromatic rings. The summed E-state index contributed by atoms with van der Waals surface area (Å²) in [5.41, 5.74) is 7.11. The van der Waals surface area contributed by atoms with Gasteiger partial charge in [-0.15, -0.1) is 4.40 Å². The van der Waals surface area contributed by atoms with Gasteiger partial charge in [-0.1, -0.05) is 6.07 Å². The quantitative estimate of drug-likeness (QED) is 0.533. The largest absolute Gasteiger partial charge is 0.845 e. The Bertz CT molecular complexity index is 1140. The normalized spacial score (nSPS) is 18.9. The van der Waals surface area contributed by atoms with Crippen LogP contribution in [-0.4, -0.2) is 38.3 Å². The number of aromatic nitrogens is 1. The van der Waals surface area contributed by atoms with Crippen LogP contribution in [0.25, 0.3) is 0 Å². The zero-order valence-corrected chi connectivity index (χ0v) is 20.1. The topological polar surface area (TPSA) is 99.0 Å². The lowest BCUT2D eigenvalue weighted by Crippen LogP contribution is -2.44. The zero-order chi connectivity index (χ0) is 23.2. The number of hydrogen-bond donors (Lipinski definition) is 1. The maximum Gasteiger partial charge on any atom is 0.345 e. The fourth-order valence-electron chi connectivity index (χ4n) is 5.47. The molecule has 0 bridgehead atoms. The molecule has 5 rings (SSSR count). The second-order valence-electron chi connectivity index (χ2n) is 9.32. The van der Waals surface area contributed by atoms with Gasteiger partial charge < -0.3 is 19.7 Å². The standard InChI is InChI=1S/C24H32N4O4S/c1-16-13-20(15-27(16)2)28(19-9-11-32-12-10-19)33(30,31)26-24(29)25-23-21-7-3-5-17(21)14-18-6-4-8-22(18)23/h13-15,19H,3-12H2,1-2H3,(H2,25,26,29)/p-1. The number of amidine groups is 1. The summed E-state index contributed by atoms with van der Waals surface area (Å²) < 4.78 is 39.3. The first kappa shape index (κ1) is 22.3. The Kier molecular flexibility index (Phi) is 5.86. The summed E-state index contributed by atoms with van der Waals surface area (Å²) in [6.07, 6.45) is 8.83. The minimum atomic E-state index is -4.25. The van der Waals surface area contributed by atoms with E-state index in [2.05, 4.69) is 15.8 Å². The molecule has 1 saturated heterocycles. The predicted octanol–water partition coefficient (Wildman–Crippen LogP) is 2.37. The van der Waals surface area contributed by atoms with E-state index in [9.17, 15) is 13.5 Å². The SMILES string of the molecule is Cc1cc(N(C2CCOCC2)S(=O)(=O)/N=C(\[O-])Nc2c3c(cc4c2CCC4)CCC3)cn1C. The Labute approximate surface area is 195 Å². The second kappa shape index (κ2) is 8.68. The first-order valence-corrected chi connectivity index (χ1v) is 13.2. The van der Waals surface area contributed by atoms with Gasteiger partial charge in [0.1, 0.15) is 0 Å². The number of hydrogen-bond acceptors (Lipinski definition) is 4.